The average Bonchev–Trinajstić information content (AvgIpc) is 3.12. The molecule has 0 radical (unpaired) electrons. The highest BCUT2D eigenvalue weighted by Crippen LogP contribution is 2.42. The number of hydrogen-bond acceptors (Lipinski definition) is 5. The molecule has 3 heterocycles. The third kappa shape index (κ3) is 5.05. The number of thiophene rings is 1. The van der Waals surface area contributed by atoms with Crippen LogP contribution < -0.4 is 4.74 Å². The van der Waals surface area contributed by atoms with E-state index in [-0.39, 0.29) is 17.3 Å². The molecule has 0 spiro atoms. The summed E-state index contributed by atoms with van der Waals surface area (Å²) in [6, 6.07) is 12.9. The summed E-state index contributed by atoms with van der Waals surface area (Å²) in [5.41, 5.74) is 1.09. The lowest BCUT2D eigenvalue weighted by Crippen LogP contribution is -2.38. The van der Waals surface area contributed by atoms with E-state index in [0.717, 1.165) is 34.6 Å². The molecular formula is C26H24F3N3O2S. The van der Waals surface area contributed by atoms with Crippen LogP contribution in [0.2, 0.25) is 0 Å². The minimum atomic E-state index is -4.48. The quantitative estimate of drug-likeness (QED) is 0.432. The van der Waals surface area contributed by atoms with Crippen molar-refractivity contribution < 1.29 is 22.7 Å². The first-order valence-corrected chi connectivity index (χ1v) is 12.3. The number of aryl methyl sites for hydroxylation is 1. The fourth-order valence-electron chi connectivity index (χ4n) is 4.36. The summed E-state index contributed by atoms with van der Waals surface area (Å²) in [6.45, 7) is 4.24. The monoisotopic (exact) mass is 499 g/mol. The minimum Gasteiger partial charge on any atom is -0.454 e. The first-order valence-electron chi connectivity index (χ1n) is 11.4. The van der Waals surface area contributed by atoms with Crippen molar-refractivity contribution in [1.82, 2.24) is 9.80 Å². The Balaban J connectivity index is 1.46. The summed E-state index contributed by atoms with van der Waals surface area (Å²) in [5.74, 6) is 1.47. The summed E-state index contributed by atoms with van der Waals surface area (Å²) in [6.07, 6.45) is -3.37. The van der Waals surface area contributed by atoms with Gasteiger partial charge in [0, 0.05) is 31.1 Å². The van der Waals surface area contributed by atoms with Gasteiger partial charge in [-0.05, 0) is 55.1 Å². The molecule has 182 valence electrons. The van der Waals surface area contributed by atoms with Crippen LogP contribution in [0.15, 0.2) is 58.9 Å². The van der Waals surface area contributed by atoms with Crippen LogP contribution in [0.5, 0.6) is 11.5 Å². The SMILES string of the molecule is Cc1ccc2c(c1)C(N1CCCN(C(=O)Cc3cccs3)CC1)=Nc1cc(C(F)(F)F)ccc1O2. The van der Waals surface area contributed by atoms with E-state index in [1.165, 1.54) is 6.07 Å². The smallest absolute Gasteiger partial charge is 0.416 e. The fraction of sp³-hybridized carbons (Fsp3) is 0.308. The Hall–Kier alpha value is -3.33. The molecular weight excluding hydrogens is 475 g/mol. The molecule has 2 aliphatic heterocycles. The Morgan fingerprint density at radius 1 is 1.06 bits per heavy atom. The second kappa shape index (κ2) is 9.37. The summed E-state index contributed by atoms with van der Waals surface area (Å²) in [5, 5.41) is 1.96. The number of aliphatic imine (C=N–C) groups is 1. The van der Waals surface area contributed by atoms with Crippen LogP contribution in [-0.4, -0.2) is 47.7 Å². The summed E-state index contributed by atoms with van der Waals surface area (Å²) >= 11 is 1.56. The molecule has 1 aromatic heterocycles. The Morgan fingerprint density at radius 3 is 2.66 bits per heavy atom. The second-order valence-corrected chi connectivity index (χ2v) is 9.73. The van der Waals surface area contributed by atoms with Gasteiger partial charge in [-0.1, -0.05) is 17.7 Å². The molecule has 3 aromatic rings. The number of carbonyl (C=O) groups is 1. The van der Waals surface area contributed by atoms with E-state index in [0.29, 0.717) is 44.2 Å². The normalized spacial score (nSPS) is 15.9. The number of fused-ring (bicyclic) bond motifs is 2. The van der Waals surface area contributed by atoms with Gasteiger partial charge in [0.05, 0.1) is 17.5 Å². The maximum absolute atomic E-state index is 13.4. The van der Waals surface area contributed by atoms with Crippen LogP contribution in [0, 0.1) is 6.92 Å². The van der Waals surface area contributed by atoms with Crippen LogP contribution in [0.4, 0.5) is 18.9 Å². The number of amidine groups is 1. The van der Waals surface area contributed by atoms with Gasteiger partial charge in [-0.25, -0.2) is 4.99 Å². The summed E-state index contributed by atoms with van der Waals surface area (Å²) < 4.78 is 46.2. The zero-order chi connectivity index (χ0) is 24.6. The Morgan fingerprint density at radius 2 is 1.89 bits per heavy atom. The Kier molecular flexibility index (Phi) is 6.27. The van der Waals surface area contributed by atoms with Gasteiger partial charge in [-0.3, -0.25) is 4.79 Å². The molecule has 0 atom stereocenters. The molecule has 9 heteroatoms. The molecule has 2 aliphatic rings. The lowest BCUT2D eigenvalue weighted by molar-refractivity contribution is -0.137. The number of alkyl halides is 3. The molecule has 5 nitrogen and oxygen atoms in total. The highest BCUT2D eigenvalue weighted by atomic mass is 32.1. The lowest BCUT2D eigenvalue weighted by atomic mass is 10.1. The number of carbonyl (C=O) groups excluding carboxylic acids is 1. The van der Waals surface area contributed by atoms with E-state index in [1.807, 2.05) is 47.5 Å². The maximum atomic E-state index is 13.4. The van der Waals surface area contributed by atoms with Crippen LogP contribution in [-0.2, 0) is 17.4 Å². The van der Waals surface area contributed by atoms with Gasteiger partial charge in [-0.2, -0.15) is 13.2 Å². The zero-order valence-electron chi connectivity index (χ0n) is 19.1. The van der Waals surface area contributed by atoms with Crippen molar-refractivity contribution in [2.75, 3.05) is 26.2 Å². The maximum Gasteiger partial charge on any atom is 0.416 e. The number of nitrogens with zero attached hydrogens (tertiary/aromatic N) is 3. The van der Waals surface area contributed by atoms with Crippen molar-refractivity contribution in [3.05, 3.63) is 75.5 Å². The van der Waals surface area contributed by atoms with E-state index < -0.39 is 11.7 Å². The largest absolute Gasteiger partial charge is 0.454 e. The number of halogens is 3. The van der Waals surface area contributed by atoms with E-state index in [4.69, 9.17) is 9.73 Å². The van der Waals surface area contributed by atoms with Gasteiger partial charge in [0.2, 0.25) is 5.91 Å². The van der Waals surface area contributed by atoms with Gasteiger partial charge in [0.1, 0.15) is 17.3 Å². The van der Waals surface area contributed by atoms with Crippen LogP contribution in [0.1, 0.15) is 28.0 Å². The molecule has 35 heavy (non-hydrogen) atoms. The summed E-state index contributed by atoms with van der Waals surface area (Å²) in [4.78, 5) is 22.5. The number of amides is 1. The molecule has 5 rings (SSSR count). The zero-order valence-corrected chi connectivity index (χ0v) is 20.0. The molecule has 1 saturated heterocycles. The van der Waals surface area contributed by atoms with Crippen LogP contribution in [0.25, 0.3) is 0 Å². The van der Waals surface area contributed by atoms with E-state index in [9.17, 15) is 18.0 Å². The highest BCUT2D eigenvalue weighted by molar-refractivity contribution is 7.10. The van der Waals surface area contributed by atoms with Gasteiger partial charge < -0.3 is 14.5 Å². The van der Waals surface area contributed by atoms with Crippen molar-refractivity contribution in [3.63, 3.8) is 0 Å². The van der Waals surface area contributed by atoms with E-state index in [1.54, 1.807) is 11.3 Å². The van der Waals surface area contributed by atoms with Crippen molar-refractivity contribution in [2.24, 2.45) is 4.99 Å². The average molecular weight is 500 g/mol. The van der Waals surface area contributed by atoms with Gasteiger partial charge in [0.25, 0.3) is 0 Å². The number of hydrogen-bond donors (Lipinski definition) is 0. The van der Waals surface area contributed by atoms with Crippen LogP contribution in [0.3, 0.4) is 0 Å². The molecule has 1 amide bonds. The minimum absolute atomic E-state index is 0.0804. The number of benzene rings is 2. The van der Waals surface area contributed by atoms with Crippen molar-refractivity contribution in [2.45, 2.75) is 25.9 Å². The van der Waals surface area contributed by atoms with Crippen molar-refractivity contribution in [3.8, 4) is 11.5 Å². The molecule has 1 fully saturated rings. The molecule has 0 saturated carbocycles. The fourth-order valence-corrected chi connectivity index (χ4v) is 5.06. The van der Waals surface area contributed by atoms with Gasteiger partial charge >= 0.3 is 6.18 Å². The van der Waals surface area contributed by atoms with E-state index >= 15 is 0 Å². The molecule has 0 unspecified atom stereocenters. The Bertz CT molecular complexity index is 1270. The van der Waals surface area contributed by atoms with Crippen molar-refractivity contribution >= 4 is 28.8 Å². The molecule has 2 aromatic carbocycles. The van der Waals surface area contributed by atoms with E-state index in [2.05, 4.69) is 4.90 Å². The predicted octanol–water partition coefficient (Wildman–Crippen LogP) is 6.04. The van der Waals surface area contributed by atoms with Crippen molar-refractivity contribution in [1.29, 1.82) is 0 Å². The van der Waals surface area contributed by atoms with Crippen LogP contribution >= 0.6 is 11.3 Å². The van der Waals surface area contributed by atoms with Gasteiger partial charge in [-0.15, -0.1) is 11.3 Å². The third-order valence-corrected chi connectivity index (χ3v) is 7.04. The Labute approximate surface area is 205 Å². The standard InChI is InChI=1S/C26H24F3N3O2S/c1-17-5-7-22-20(14-17)25(30-21-15-18(26(27,28)29)6-8-23(21)34-22)32-10-3-9-31(11-12-32)24(33)16-19-4-2-13-35-19/h2,4-8,13-15H,3,9-12,16H2,1H3. The van der Waals surface area contributed by atoms with Gasteiger partial charge in [0.15, 0.2) is 5.75 Å². The third-order valence-electron chi connectivity index (χ3n) is 6.16. The highest BCUT2D eigenvalue weighted by Gasteiger charge is 2.33. The first kappa shape index (κ1) is 23.4. The predicted molar refractivity (Wildman–Crippen MR) is 130 cm³/mol. The molecule has 0 bridgehead atoms. The molecule has 0 N–H and O–H groups in total. The number of rotatable bonds is 2. The molecule has 0 aliphatic carbocycles. The number of ether oxygens (including phenoxy) is 1. The lowest BCUT2D eigenvalue weighted by Gasteiger charge is -2.25. The topological polar surface area (TPSA) is 45.1 Å². The summed E-state index contributed by atoms with van der Waals surface area (Å²) in [7, 11) is 0. The second-order valence-electron chi connectivity index (χ2n) is 8.69. The first-order chi connectivity index (χ1) is 16.8.